The van der Waals surface area contributed by atoms with Gasteiger partial charge in [0.25, 0.3) is 10.0 Å². The van der Waals surface area contributed by atoms with Gasteiger partial charge in [-0.1, -0.05) is 37.6 Å². The van der Waals surface area contributed by atoms with Gasteiger partial charge in [-0.2, -0.15) is 0 Å². The van der Waals surface area contributed by atoms with Gasteiger partial charge >= 0.3 is 0 Å². The maximum absolute atomic E-state index is 13.3. The first kappa shape index (κ1) is 22.3. The molecule has 3 heterocycles. The first-order valence-corrected chi connectivity index (χ1v) is 12.9. The molecule has 1 fully saturated rings. The second-order valence-corrected chi connectivity index (χ2v) is 11.5. The number of aliphatic imine (C=N–C) groups is 1. The second-order valence-electron chi connectivity index (χ2n) is 8.08. The second kappa shape index (κ2) is 8.90. The lowest BCUT2D eigenvalue weighted by molar-refractivity contribution is -0.135. The predicted octanol–water partition coefficient (Wildman–Crippen LogP) is 2.81. The number of benzene rings is 1. The van der Waals surface area contributed by atoms with Gasteiger partial charge in [-0.3, -0.25) is 19.4 Å². The van der Waals surface area contributed by atoms with Gasteiger partial charge in [-0.25, -0.2) is 8.42 Å². The van der Waals surface area contributed by atoms with Gasteiger partial charge in [-0.15, -0.1) is 11.3 Å². The van der Waals surface area contributed by atoms with Gasteiger partial charge in [0.2, 0.25) is 5.91 Å². The molecule has 0 unspecified atom stereocenters. The SMILES string of the molecule is CC(C)[C@H](N=C1NS(=O)(=O)c2ccccc21)C(=O)N1CCN(Cc2ccc(Cl)s2)CC1. The number of fused-ring (bicyclic) bond motifs is 1. The van der Waals surface area contributed by atoms with E-state index in [0.717, 1.165) is 24.0 Å². The summed E-state index contributed by atoms with van der Waals surface area (Å²) in [7, 11) is -3.63. The highest BCUT2D eigenvalue weighted by Crippen LogP contribution is 2.25. The van der Waals surface area contributed by atoms with Gasteiger partial charge in [-0.05, 0) is 30.2 Å². The van der Waals surface area contributed by atoms with Crippen molar-refractivity contribution >= 4 is 44.7 Å². The van der Waals surface area contributed by atoms with E-state index in [0.29, 0.717) is 18.7 Å². The quantitative estimate of drug-likeness (QED) is 0.713. The van der Waals surface area contributed by atoms with Crippen molar-refractivity contribution in [2.24, 2.45) is 10.9 Å². The molecule has 2 aromatic rings. The highest BCUT2D eigenvalue weighted by atomic mass is 35.5. The highest BCUT2D eigenvalue weighted by Gasteiger charge is 2.34. The number of nitrogens with one attached hydrogen (secondary N) is 1. The zero-order chi connectivity index (χ0) is 22.2. The Bertz CT molecular complexity index is 1110. The number of halogens is 1. The molecule has 31 heavy (non-hydrogen) atoms. The van der Waals surface area contributed by atoms with Crippen LogP contribution in [0, 0.1) is 5.92 Å². The van der Waals surface area contributed by atoms with Crippen molar-refractivity contribution in [1.82, 2.24) is 14.5 Å². The number of amides is 1. The van der Waals surface area contributed by atoms with E-state index < -0.39 is 16.1 Å². The Morgan fingerprint density at radius 2 is 1.87 bits per heavy atom. The van der Waals surface area contributed by atoms with Gasteiger partial charge in [0.15, 0.2) is 0 Å². The van der Waals surface area contributed by atoms with Crippen LogP contribution >= 0.6 is 22.9 Å². The topological polar surface area (TPSA) is 82.1 Å². The fraction of sp³-hybridized carbons (Fsp3) is 0.429. The molecular weight excluding hydrogens is 456 g/mol. The van der Waals surface area contributed by atoms with Crippen molar-refractivity contribution in [2.45, 2.75) is 31.3 Å². The Morgan fingerprint density at radius 3 is 2.52 bits per heavy atom. The Hall–Kier alpha value is -1.94. The number of rotatable bonds is 5. The summed E-state index contributed by atoms with van der Waals surface area (Å²) in [6.45, 7) is 7.48. The van der Waals surface area contributed by atoms with E-state index in [2.05, 4.69) is 14.6 Å². The number of carbonyl (C=O) groups is 1. The van der Waals surface area contributed by atoms with Crippen molar-refractivity contribution < 1.29 is 13.2 Å². The monoisotopic (exact) mass is 480 g/mol. The predicted molar refractivity (Wildman–Crippen MR) is 123 cm³/mol. The van der Waals surface area contributed by atoms with E-state index in [1.807, 2.05) is 30.9 Å². The molecule has 0 aliphatic carbocycles. The number of nitrogens with zero attached hydrogens (tertiary/aromatic N) is 3. The summed E-state index contributed by atoms with van der Waals surface area (Å²) in [4.78, 5) is 23.4. The molecule has 166 valence electrons. The third-order valence-corrected chi connectivity index (χ3v) is 8.12. The number of hydrogen-bond donors (Lipinski definition) is 1. The summed E-state index contributed by atoms with van der Waals surface area (Å²) in [5, 5.41) is 0. The molecule has 1 amide bonds. The highest BCUT2D eigenvalue weighted by molar-refractivity contribution is 7.90. The van der Waals surface area contributed by atoms with Crippen molar-refractivity contribution in [3.05, 3.63) is 51.2 Å². The molecule has 1 atom stereocenters. The minimum atomic E-state index is -3.63. The van der Waals surface area contributed by atoms with E-state index in [1.54, 1.807) is 35.6 Å². The lowest BCUT2D eigenvalue weighted by Gasteiger charge is -2.36. The van der Waals surface area contributed by atoms with Crippen LogP contribution in [0.2, 0.25) is 4.34 Å². The van der Waals surface area contributed by atoms with Crippen molar-refractivity contribution in [3.63, 3.8) is 0 Å². The molecule has 1 aromatic carbocycles. The first-order chi connectivity index (χ1) is 14.7. The molecule has 2 aliphatic heterocycles. The van der Waals surface area contributed by atoms with Gasteiger partial charge in [0.05, 0.1) is 9.23 Å². The number of amidine groups is 1. The van der Waals surface area contributed by atoms with Crippen LogP contribution < -0.4 is 4.72 Å². The van der Waals surface area contributed by atoms with Crippen LogP contribution in [0.4, 0.5) is 0 Å². The van der Waals surface area contributed by atoms with Crippen molar-refractivity contribution in [2.75, 3.05) is 26.2 Å². The molecule has 0 bridgehead atoms. The van der Waals surface area contributed by atoms with Crippen LogP contribution in [0.25, 0.3) is 0 Å². The molecule has 1 N–H and O–H groups in total. The zero-order valence-corrected chi connectivity index (χ0v) is 19.8. The lowest BCUT2D eigenvalue weighted by Crippen LogP contribution is -2.51. The summed E-state index contributed by atoms with van der Waals surface area (Å²) in [6.07, 6.45) is 0. The minimum Gasteiger partial charge on any atom is -0.338 e. The minimum absolute atomic E-state index is 0.0649. The fourth-order valence-corrected chi connectivity index (χ4v) is 6.20. The summed E-state index contributed by atoms with van der Waals surface area (Å²) in [6, 6.07) is 10.00. The van der Waals surface area contributed by atoms with Crippen LogP contribution in [0.1, 0.15) is 24.3 Å². The molecule has 0 radical (unpaired) electrons. The van der Waals surface area contributed by atoms with Crippen LogP contribution in [0.5, 0.6) is 0 Å². The summed E-state index contributed by atoms with van der Waals surface area (Å²) >= 11 is 7.60. The molecular formula is C21H25ClN4O3S2. The Balaban J connectivity index is 1.46. The zero-order valence-electron chi connectivity index (χ0n) is 17.4. The largest absolute Gasteiger partial charge is 0.338 e. The summed E-state index contributed by atoms with van der Waals surface area (Å²) < 4.78 is 28.0. The lowest BCUT2D eigenvalue weighted by atomic mass is 10.0. The maximum Gasteiger partial charge on any atom is 0.263 e. The van der Waals surface area contributed by atoms with Crippen LogP contribution in [-0.2, 0) is 21.4 Å². The van der Waals surface area contributed by atoms with E-state index in [-0.39, 0.29) is 22.6 Å². The smallest absolute Gasteiger partial charge is 0.263 e. The normalized spacial score (nSPS) is 20.6. The Morgan fingerprint density at radius 1 is 1.16 bits per heavy atom. The molecule has 10 heteroatoms. The van der Waals surface area contributed by atoms with Crippen LogP contribution in [0.15, 0.2) is 46.3 Å². The molecule has 4 rings (SSSR count). The van der Waals surface area contributed by atoms with Gasteiger partial charge < -0.3 is 4.90 Å². The number of hydrogen-bond acceptors (Lipinski definition) is 6. The molecule has 0 spiro atoms. The van der Waals surface area contributed by atoms with E-state index >= 15 is 0 Å². The number of piperazine rings is 1. The van der Waals surface area contributed by atoms with E-state index in [4.69, 9.17) is 11.6 Å². The van der Waals surface area contributed by atoms with Gasteiger partial charge in [0.1, 0.15) is 11.9 Å². The van der Waals surface area contributed by atoms with Gasteiger partial charge in [0, 0.05) is 43.2 Å². The standard InChI is InChI=1S/C21H25ClN4O3S2/c1-14(2)19(23-20-16-5-3-4-6-17(16)31(28,29)24-20)21(27)26-11-9-25(10-12-26)13-15-7-8-18(22)30-15/h3-8,14,19H,9-13H2,1-2H3,(H,23,24)/t19-/m0/s1. The number of carbonyl (C=O) groups excluding carboxylic acids is 1. The molecule has 0 saturated carbocycles. The van der Waals surface area contributed by atoms with E-state index in [9.17, 15) is 13.2 Å². The van der Waals surface area contributed by atoms with Crippen LogP contribution in [0.3, 0.4) is 0 Å². The van der Waals surface area contributed by atoms with Crippen molar-refractivity contribution in [3.8, 4) is 0 Å². The van der Waals surface area contributed by atoms with Crippen molar-refractivity contribution in [1.29, 1.82) is 0 Å². The average Bonchev–Trinajstić information content (AvgIpc) is 3.26. The Kier molecular flexibility index (Phi) is 6.39. The summed E-state index contributed by atoms with van der Waals surface area (Å²) in [5.74, 6) is 0.115. The molecule has 7 nitrogen and oxygen atoms in total. The molecule has 1 saturated heterocycles. The van der Waals surface area contributed by atoms with E-state index in [1.165, 1.54) is 4.88 Å². The number of thiophene rings is 1. The average molecular weight is 481 g/mol. The number of sulfonamides is 1. The summed E-state index contributed by atoms with van der Waals surface area (Å²) in [5.41, 5.74) is 0.514. The molecule has 1 aromatic heterocycles. The maximum atomic E-state index is 13.3. The Labute approximate surface area is 191 Å². The third kappa shape index (κ3) is 4.79. The van der Waals surface area contributed by atoms with Crippen LogP contribution in [-0.4, -0.2) is 62.2 Å². The fourth-order valence-electron chi connectivity index (χ4n) is 3.83. The third-order valence-electron chi connectivity index (χ3n) is 5.51. The first-order valence-electron chi connectivity index (χ1n) is 10.2. The molecule has 2 aliphatic rings.